The molecule has 0 spiro atoms. The number of rotatable bonds is 6. The van der Waals surface area contributed by atoms with Crippen LogP contribution in [0.3, 0.4) is 0 Å². The fourth-order valence-corrected chi connectivity index (χ4v) is 4.18. The van der Waals surface area contributed by atoms with Crippen LogP contribution in [0.25, 0.3) is 10.9 Å². The average Bonchev–Trinajstić information content (AvgIpc) is 2.97. The molecule has 0 radical (unpaired) electrons. The first-order valence-electron chi connectivity index (χ1n) is 9.68. The summed E-state index contributed by atoms with van der Waals surface area (Å²) in [6, 6.07) is 4.96. The van der Waals surface area contributed by atoms with Crippen molar-refractivity contribution in [3.05, 3.63) is 35.7 Å². The summed E-state index contributed by atoms with van der Waals surface area (Å²) in [5.74, 6) is 0.837. The van der Waals surface area contributed by atoms with Gasteiger partial charge < -0.3 is 15.2 Å². The molecule has 3 aromatic rings. The van der Waals surface area contributed by atoms with Crippen molar-refractivity contribution in [2.45, 2.75) is 57.3 Å². The first-order chi connectivity index (χ1) is 13.9. The van der Waals surface area contributed by atoms with Crippen molar-refractivity contribution in [1.29, 1.82) is 0 Å². The predicted molar refractivity (Wildman–Crippen MR) is 124 cm³/mol. The highest BCUT2D eigenvalue weighted by molar-refractivity contribution is 7.92. The molecule has 1 atom stereocenters. The number of aryl methyl sites for hydroxylation is 1. The highest BCUT2D eigenvalue weighted by Crippen LogP contribution is 2.37. The Labute approximate surface area is 188 Å². The van der Waals surface area contributed by atoms with Crippen molar-refractivity contribution < 1.29 is 18.3 Å². The summed E-state index contributed by atoms with van der Waals surface area (Å²) in [6.45, 7) is 10.4. The minimum Gasteiger partial charge on any atom is -0.489 e. The summed E-state index contributed by atoms with van der Waals surface area (Å²) in [7, 11) is -3.72. The molecule has 1 aromatic carbocycles. The largest absolute Gasteiger partial charge is 0.489 e. The van der Waals surface area contributed by atoms with Gasteiger partial charge in [-0.05, 0) is 53.7 Å². The van der Waals surface area contributed by atoms with Gasteiger partial charge in [0.15, 0.2) is 15.7 Å². The first kappa shape index (κ1) is 24.9. The lowest BCUT2D eigenvalue weighted by molar-refractivity contribution is 0.121. The van der Waals surface area contributed by atoms with E-state index in [0.29, 0.717) is 22.4 Å². The molecule has 3 rings (SSSR count). The number of anilines is 2. The van der Waals surface area contributed by atoms with Gasteiger partial charge in [0.05, 0.1) is 22.1 Å². The average molecular weight is 469 g/mol. The van der Waals surface area contributed by atoms with Crippen LogP contribution in [-0.2, 0) is 9.84 Å². The molecule has 0 unspecified atom stereocenters. The van der Waals surface area contributed by atoms with Crippen LogP contribution >= 0.6 is 12.4 Å². The fourth-order valence-electron chi connectivity index (χ4n) is 2.86. The summed E-state index contributed by atoms with van der Waals surface area (Å²) in [5.41, 5.74) is 3.17. The van der Waals surface area contributed by atoms with E-state index >= 15 is 0 Å². The molecule has 0 aliphatic carbocycles. The Kier molecular flexibility index (Phi) is 7.24. The Hall–Kier alpha value is -2.36. The summed E-state index contributed by atoms with van der Waals surface area (Å²) >= 11 is 0. The third kappa shape index (κ3) is 4.94. The summed E-state index contributed by atoms with van der Waals surface area (Å²) in [6.07, 6.45) is 0.897. The molecule has 3 N–H and O–H groups in total. The minimum absolute atomic E-state index is 0. The molecule has 0 fully saturated rings. The normalized spacial score (nSPS) is 13.0. The highest BCUT2D eigenvalue weighted by Gasteiger charge is 2.34. The number of ether oxygens (including phenoxy) is 1. The SMILES string of the molecule is Cc1[nH]nc(Nc2ccnc3cc(OC[C@H](C)O)c(S(=O)(=O)C(C)(C)C)cc23)c1C.Cl. The molecule has 8 nitrogen and oxygen atoms in total. The van der Waals surface area contributed by atoms with Gasteiger partial charge in [-0.3, -0.25) is 10.1 Å². The van der Waals surface area contributed by atoms with E-state index in [-0.39, 0.29) is 29.7 Å². The van der Waals surface area contributed by atoms with Crippen LogP contribution in [0.2, 0.25) is 0 Å². The fraction of sp³-hybridized carbons (Fsp3) is 0.429. The Balaban J connectivity index is 0.00000341. The van der Waals surface area contributed by atoms with Gasteiger partial charge in [0, 0.05) is 28.9 Å². The summed E-state index contributed by atoms with van der Waals surface area (Å²) in [5, 5.41) is 20.7. The second kappa shape index (κ2) is 9.02. The van der Waals surface area contributed by atoms with Gasteiger partial charge in [-0.25, -0.2) is 8.42 Å². The molecular weight excluding hydrogens is 440 g/mol. The van der Waals surface area contributed by atoms with Crippen molar-refractivity contribution in [3.8, 4) is 5.75 Å². The van der Waals surface area contributed by atoms with E-state index < -0.39 is 20.7 Å². The van der Waals surface area contributed by atoms with Gasteiger partial charge in [-0.15, -0.1) is 12.4 Å². The number of pyridine rings is 1. The van der Waals surface area contributed by atoms with E-state index in [4.69, 9.17) is 4.74 Å². The van der Waals surface area contributed by atoms with Crippen LogP contribution in [0.15, 0.2) is 29.3 Å². The Morgan fingerprint density at radius 1 is 1.26 bits per heavy atom. The second-order valence-electron chi connectivity index (χ2n) is 8.40. The zero-order chi connectivity index (χ0) is 22.3. The van der Waals surface area contributed by atoms with E-state index in [1.54, 1.807) is 52.1 Å². The molecule has 0 aliphatic heterocycles. The maximum Gasteiger partial charge on any atom is 0.186 e. The zero-order valence-electron chi connectivity index (χ0n) is 18.5. The molecule has 31 heavy (non-hydrogen) atoms. The van der Waals surface area contributed by atoms with Crippen molar-refractivity contribution in [3.63, 3.8) is 0 Å². The van der Waals surface area contributed by atoms with Crippen LogP contribution in [0, 0.1) is 13.8 Å². The first-order valence-corrected chi connectivity index (χ1v) is 11.2. The number of nitrogens with one attached hydrogen (secondary N) is 2. The molecule has 170 valence electrons. The smallest absolute Gasteiger partial charge is 0.186 e. The Morgan fingerprint density at radius 3 is 2.48 bits per heavy atom. The number of benzene rings is 1. The van der Waals surface area contributed by atoms with Crippen LogP contribution in [-0.4, -0.2) is 46.2 Å². The van der Waals surface area contributed by atoms with Crippen molar-refractivity contribution in [1.82, 2.24) is 15.2 Å². The van der Waals surface area contributed by atoms with Crippen LogP contribution < -0.4 is 10.1 Å². The molecule has 0 saturated heterocycles. The van der Waals surface area contributed by atoms with E-state index in [2.05, 4.69) is 20.5 Å². The van der Waals surface area contributed by atoms with Crippen molar-refractivity contribution >= 4 is 44.7 Å². The van der Waals surface area contributed by atoms with E-state index in [1.807, 2.05) is 13.8 Å². The third-order valence-electron chi connectivity index (χ3n) is 4.89. The minimum atomic E-state index is -3.72. The Bertz CT molecular complexity index is 1180. The molecule has 0 saturated carbocycles. The number of H-pyrrole nitrogens is 1. The number of nitrogens with zero attached hydrogens (tertiary/aromatic N) is 2. The number of hydrogen-bond acceptors (Lipinski definition) is 7. The summed E-state index contributed by atoms with van der Waals surface area (Å²) in [4.78, 5) is 4.44. The van der Waals surface area contributed by atoms with E-state index in [9.17, 15) is 13.5 Å². The maximum atomic E-state index is 13.3. The second-order valence-corrected chi connectivity index (χ2v) is 11.1. The number of fused-ring (bicyclic) bond motifs is 1. The topological polar surface area (TPSA) is 117 Å². The van der Waals surface area contributed by atoms with Crippen molar-refractivity contribution in [2.24, 2.45) is 0 Å². The number of aliphatic hydroxyl groups is 1. The molecular formula is C21H29ClN4O4S. The predicted octanol–water partition coefficient (Wildman–Crippen LogP) is 4.07. The number of aromatic amines is 1. The number of aliphatic hydroxyl groups excluding tert-OH is 1. The van der Waals surface area contributed by atoms with Gasteiger partial charge in [0.25, 0.3) is 0 Å². The van der Waals surface area contributed by atoms with Crippen LogP contribution in [0.4, 0.5) is 11.5 Å². The number of aromatic nitrogens is 3. The Morgan fingerprint density at radius 2 is 1.94 bits per heavy atom. The molecule has 2 aromatic heterocycles. The van der Waals surface area contributed by atoms with Gasteiger partial charge in [-0.1, -0.05) is 0 Å². The quantitative estimate of drug-likeness (QED) is 0.499. The van der Waals surface area contributed by atoms with Crippen LogP contribution in [0.5, 0.6) is 5.75 Å². The van der Waals surface area contributed by atoms with Gasteiger partial charge >= 0.3 is 0 Å². The highest BCUT2D eigenvalue weighted by atomic mass is 35.5. The summed E-state index contributed by atoms with van der Waals surface area (Å²) < 4.78 is 31.2. The van der Waals surface area contributed by atoms with Gasteiger partial charge in [0.1, 0.15) is 17.3 Å². The molecule has 10 heteroatoms. The van der Waals surface area contributed by atoms with Crippen LogP contribution in [0.1, 0.15) is 39.0 Å². The molecule has 0 bridgehead atoms. The zero-order valence-corrected chi connectivity index (χ0v) is 20.1. The molecule has 0 aliphatic rings. The monoisotopic (exact) mass is 468 g/mol. The van der Waals surface area contributed by atoms with E-state index in [0.717, 1.165) is 11.3 Å². The standard InChI is InChI=1S/C21H28N4O4S.ClH/c1-12(26)11-29-18-10-17-15(9-19(18)30(27,28)21(4,5)6)16(7-8-22-17)23-20-13(2)14(3)24-25-20;/h7-10,12,26H,11H2,1-6H3,(H2,22,23,24,25);1H/t12-;/m0./s1. The lowest BCUT2D eigenvalue weighted by Gasteiger charge is -2.22. The van der Waals surface area contributed by atoms with E-state index in [1.165, 1.54) is 0 Å². The maximum absolute atomic E-state index is 13.3. The molecule has 2 heterocycles. The lowest BCUT2D eigenvalue weighted by atomic mass is 10.1. The van der Waals surface area contributed by atoms with Gasteiger partial charge in [0.2, 0.25) is 0 Å². The van der Waals surface area contributed by atoms with Crippen molar-refractivity contribution in [2.75, 3.05) is 11.9 Å². The number of hydrogen-bond donors (Lipinski definition) is 3. The lowest BCUT2D eigenvalue weighted by Crippen LogP contribution is -2.28. The third-order valence-corrected chi connectivity index (χ3v) is 7.40. The van der Waals surface area contributed by atoms with Gasteiger partial charge in [-0.2, -0.15) is 5.10 Å². The number of sulfone groups is 1. The number of halogens is 1. The molecule has 0 amide bonds.